The number of nitro groups is 1. The van der Waals surface area contributed by atoms with Crippen molar-refractivity contribution in [1.82, 2.24) is 5.32 Å². The van der Waals surface area contributed by atoms with E-state index in [2.05, 4.69) is 22.8 Å². The second kappa shape index (κ2) is 5.73. The topological polar surface area (TPSA) is 55.2 Å². The molecule has 0 radical (unpaired) electrons. The van der Waals surface area contributed by atoms with Gasteiger partial charge in [-0.25, -0.2) is 0 Å². The van der Waals surface area contributed by atoms with E-state index in [1.807, 2.05) is 12.1 Å². The Labute approximate surface area is 121 Å². The van der Waals surface area contributed by atoms with Gasteiger partial charge in [0.1, 0.15) is 0 Å². The Kier molecular flexibility index (Phi) is 3.80. The lowest BCUT2D eigenvalue weighted by atomic mass is 10.1. The summed E-state index contributed by atoms with van der Waals surface area (Å²) in [6, 6.07) is 11.5. The highest BCUT2D eigenvalue weighted by Gasteiger charge is 2.32. The van der Waals surface area contributed by atoms with E-state index in [-0.39, 0.29) is 10.6 Å². The van der Waals surface area contributed by atoms with E-state index in [4.69, 9.17) is 0 Å². The minimum absolute atomic E-state index is 0.144. The fourth-order valence-electron chi connectivity index (χ4n) is 2.36. The number of thiophene rings is 1. The molecule has 1 N–H and O–H groups in total. The zero-order valence-corrected chi connectivity index (χ0v) is 11.8. The van der Waals surface area contributed by atoms with Crippen LogP contribution in [0.1, 0.15) is 29.3 Å². The van der Waals surface area contributed by atoms with E-state index in [1.165, 1.54) is 17.7 Å². The van der Waals surface area contributed by atoms with Gasteiger partial charge in [-0.05, 0) is 35.8 Å². The van der Waals surface area contributed by atoms with Gasteiger partial charge in [-0.2, -0.15) is 0 Å². The smallest absolute Gasteiger partial charge is 0.269 e. The zero-order valence-electron chi connectivity index (χ0n) is 11.0. The largest absolute Gasteiger partial charge is 0.305 e. The number of nitrogens with zero attached hydrogens (tertiary/aromatic N) is 1. The number of benzene rings is 1. The summed E-state index contributed by atoms with van der Waals surface area (Å²) >= 11 is 1.79. The monoisotopic (exact) mass is 288 g/mol. The zero-order chi connectivity index (χ0) is 13.9. The van der Waals surface area contributed by atoms with Gasteiger partial charge in [0.2, 0.25) is 0 Å². The van der Waals surface area contributed by atoms with Crippen LogP contribution in [0.4, 0.5) is 5.69 Å². The Morgan fingerprint density at radius 2 is 2.05 bits per heavy atom. The fraction of sp³-hybridized carbons (Fsp3) is 0.333. The van der Waals surface area contributed by atoms with Crippen LogP contribution in [0.5, 0.6) is 0 Å². The van der Waals surface area contributed by atoms with Crippen LogP contribution in [-0.2, 0) is 6.54 Å². The molecule has 0 amide bonds. The molecule has 0 aliphatic heterocycles. The lowest BCUT2D eigenvalue weighted by molar-refractivity contribution is -0.384. The Morgan fingerprint density at radius 3 is 2.60 bits per heavy atom. The van der Waals surface area contributed by atoms with Crippen molar-refractivity contribution in [2.75, 3.05) is 0 Å². The van der Waals surface area contributed by atoms with Crippen LogP contribution in [0.15, 0.2) is 41.8 Å². The van der Waals surface area contributed by atoms with Gasteiger partial charge >= 0.3 is 0 Å². The Balaban J connectivity index is 1.64. The van der Waals surface area contributed by atoms with Gasteiger partial charge in [0.05, 0.1) is 4.92 Å². The van der Waals surface area contributed by atoms with Gasteiger partial charge in [-0.3, -0.25) is 10.1 Å². The number of nitrogens with one attached hydrogen (secondary N) is 1. The number of nitro benzene ring substituents is 1. The number of non-ortho nitro benzene ring substituents is 1. The van der Waals surface area contributed by atoms with Gasteiger partial charge in [-0.15, -0.1) is 11.3 Å². The highest BCUT2D eigenvalue weighted by molar-refractivity contribution is 7.10. The standard InChI is InChI=1S/C15H16N2O2S/c18-17(19)13-7-3-11(4-8-13)10-16-15(12-5-6-12)14-2-1-9-20-14/h1-4,7-9,12,15-16H,5-6,10H2. The molecule has 1 aromatic heterocycles. The molecule has 0 saturated heterocycles. The first-order valence-corrected chi connectivity index (χ1v) is 7.62. The minimum Gasteiger partial charge on any atom is -0.305 e. The molecule has 0 spiro atoms. The maximum Gasteiger partial charge on any atom is 0.269 e. The van der Waals surface area contributed by atoms with E-state index >= 15 is 0 Å². The van der Waals surface area contributed by atoms with Crippen molar-refractivity contribution in [3.63, 3.8) is 0 Å². The van der Waals surface area contributed by atoms with Crippen LogP contribution in [0.3, 0.4) is 0 Å². The first kappa shape index (κ1) is 13.3. The van der Waals surface area contributed by atoms with Crippen LogP contribution in [0, 0.1) is 16.0 Å². The molecule has 2 aromatic rings. The van der Waals surface area contributed by atoms with Crippen LogP contribution < -0.4 is 5.32 Å². The molecule has 1 saturated carbocycles. The lowest BCUT2D eigenvalue weighted by Crippen LogP contribution is -2.21. The summed E-state index contributed by atoms with van der Waals surface area (Å²) in [5, 5.41) is 16.3. The number of hydrogen-bond donors (Lipinski definition) is 1. The van der Waals surface area contributed by atoms with Crippen molar-refractivity contribution in [3.8, 4) is 0 Å². The Bertz CT molecular complexity index is 576. The third-order valence-electron chi connectivity index (χ3n) is 3.62. The molecule has 0 bridgehead atoms. The molecule has 1 unspecified atom stereocenters. The van der Waals surface area contributed by atoms with Crippen molar-refractivity contribution in [2.45, 2.75) is 25.4 Å². The van der Waals surface area contributed by atoms with Gasteiger partial charge in [0, 0.05) is 29.6 Å². The molecule has 20 heavy (non-hydrogen) atoms. The van der Waals surface area contributed by atoms with Crippen LogP contribution in [-0.4, -0.2) is 4.92 Å². The highest BCUT2D eigenvalue weighted by Crippen LogP contribution is 2.42. The van der Waals surface area contributed by atoms with E-state index in [0.29, 0.717) is 6.04 Å². The third kappa shape index (κ3) is 3.05. The summed E-state index contributed by atoms with van der Waals surface area (Å²) in [6.07, 6.45) is 2.58. The number of rotatable bonds is 6. The third-order valence-corrected chi connectivity index (χ3v) is 4.57. The predicted octanol–water partition coefficient (Wildman–Crippen LogP) is 3.90. The molecule has 1 aliphatic carbocycles. The normalized spacial score (nSPS) is 16.0. The first-order valence-electron chi connectivity index (χ1n) is 6.74. The Hall–Kier alpha value is -1.72. The number of hydrogen-bond acceptors (Lipinski definition) is 4. The van der Waals surface area contributed by atoms with Crippen molar-refractivity contribution in [2.24, 2.45) is 5.92 Å². The van der Waals surface area contributed by atoms with E-state index in [1.54, 1.807) is 23.5 Å². The fourth-order valence-corrected chi connectivity index (χ4v) is 3.25. The summed E-state index contributed by atoms with van der Waals surface area (Å²) in [6.45, 7) is 0.747. The van der Waals surface area contributed by atoms with Gasteiger partial charge in [-0.1, -0.05) is 18.2 Å². The maximum absolute atomic E-state index is 10.6. The maximum atomic E-state index is 10.6. The molecule has 5 heteroatoms. The average Bonchev–Trinajstić information content (AvgIpc) is 3.14. The summed E-state index contributed by atoms with van der Waals surface area (Å²) < 4.78 is 0. The molecular formula is C15H16N2O2S. The molecule has 104 valence electrons. The van der Waals surface area contributed by atoms with Crippen molar-refractivity contribution in [3.05, 3.63) is 62.3 Å². The Morgan fingerprint density at radius 1 is 1.30 bits per heavy atom. The van der Waals surface area contributed by atoms with Gasteiger partial charge < -0.3 is 5.32 Å². The SMILES string of the molecule is O=[N+]([O-])c1ccc(CNC(c2cccs2)C2CC2)cc1. The average molecular weight is 288 g/mol. The van der Waals surface area contributed by atoms with Gasteiger partial charge in [0.15, 0.2) is 0 Å². The molecule has 3 rings (SSSR count). The minimum atomic E-state index is -0.365. The first-order chi connectivity index (χ1) is 9.74. The molecule has 4 nitrogen and oxygen atoms in total. The van der Waals surface area contributed by atoms with Crippen molar-refractivity contribution >= 4 is 17.0 Å². The molecule has 1 aliphatic rings. The van der Waals surface area contributed by atoms with Crippen LogP contribution >= 0.6 is 11.3 Å². The van der Waals surface area contributed by atoms with Crippen molar-refractivity contribution < 1.29 is 4.92 Å². The quantitative estimate of drug-likeness (QED) is 0.648. The molecule has 1 fully saturated rings. The molecular weight excluding hydrogens is 272 g/mol. The lowest BCUT2D eigenvalue weighted by Gasteiger charge is -2.16. The van der Waals surface area contributed by atoms with Crippen LogP contribution in [0.2, 0.25) is 0 Å². The van der Waals surface area contributed by atoms with Crippen molar-refractivity contribution in [1.29, 1.82) is 0 Å². The summed E-state index contributed by atoms with van der Waals surface area (Å²) in [5.41, 5.74) is 1.23. The van der Waals surface area contributed by atoms with Crippen LogP contribution in [0.25, 0.3) is 0 Å². The predicted molar refractivity (Wildman–Crippen MR) is 79.7 cm³/mol. The molecule has 1 atom stereocenters. The second-order valence-corrected chi connectivity index (χ2v) is 6.11. The highest BCUT2D eigenvalue weighted by atomic mass is 32.1. The van der Waals surface area contributed by atoms with E-state index in [9.17, 15) is 10.1 Å². The van der Waals surface area contributed by atoms with E-state index < -0.39 is 0 Å². The summed E-state index contributed by atoms with van der Waals surface area (Å²) in [5.74, 6) is 0.742. The van der Waals surface area contributed by atoms with E-state index in [0.717, 1.165) is 18.0 Å². The summed E-state index contributed by atoms with van der Waals surface area (Å²) in [7, 11) is 0. The molecule has 1 heterocycles. The molecule has 1 aromatic carbocycles. The van der Waals surface area contributed by atoms with Gasteiger partial charge in [0.25, 0.3) is 5.69 Å². The summed E-state index contributed by atoms with van der Waals surface area (Å²) in [4.78, 5) is 11.6. The second-order valence-electron chi connectivity index (χ2n) is 5.13.